The number of hydrogen-bond donors (Lipinski definition) is 1. The van der Waals surface area contributed by atoms with Gasteiger partial charge in [0.05, 0.1) is 11.0 Å². The van der Waals surface area contributed by atoms with Crippen molar-refractivity contribution in [2.75, 3.05) is 0 Å². The van der Waals surface area contributed by atoms with E-state index in [1.165, 1.54) is 11.1 Å². The summed E-state index contributed by atoms with van der Waals surface area (Å²) < 4.78 is 1.09. The maximum absolute atomic E-state index is 4.74. The first-order chi connectivity index (χ1) is 9.29. The summed E-state index contributed by atoms with van der Waals surface area (Å²) in [4.78, 5) is 8.21. The van der Waals surface area contributed by atoms with Crippen molar-refractivity contribution in [1.29, 1.82) is 0 Å². The van der Waals surface area contributed by atoms with Gasteiger partial charge in [0, 0.05) is 10.4 Å². The van der Waals surface area contributed by atoms with Gasteiger partial charge in [0.2, 0.25) is 0 Å². The van der Waals surface area contributed by atoms with Gasteiger partial charge in [-0.2, -0.15) is 0 Å². The molecule has 0 saturated carbocycles. The summed E-state index contributed by atoms with van der Waals surface area (Å²) in [7, 11) is 0. The standard InChI is InChI=1S/C16H13BrN2/c17-13-5-6-14-15(9-13)19-16(18-14)12-7-10-3-1-2-4-11(10)8-12/h1-6,9,12H,7-8H2,(H,18,19). The molecular weight excluding hydrogens is 300 g/mol. The fourth-order valence-corrected chi connectivity index (χ4v) is 3.31. The Bertz CT molecular complexity index is 735. The fraction of sp³-hybridized carbons (Fsp3) is 0.188. The van der Waals surface area contributed by atoms with Crippen molar-refractivity contribution < 1.29 is 0 Å². The SMILES string of the molecule is Brc1ccc2nc(C3Cc4ccccc4C3)[nH]c2c1. The van der Waals surface area contributed by atoms with E-state index in [0.29, 0.717) is 5.92 Å². The highest BCUT2D eigenvalue weighted by Crippen LogP contribution is 2.33. The molecule has 1 aromatic heterocycles. The second-order valence-corrected chi connectivity index (χ2v) is 6.07. The number of aromatic amines is 1. The molecular formula is C16H13BrN2. The van der Waals surface area contributed by atoms with E-state index in [4.69, 9.17) is 4.98 Å². The first-order valence-electron chi connectivity index (χ1n) is 6.51. The smallest absolute Gasteiger partial charge is 0.111 e. The molecule has 0 atom stereocenters. The van der Waals surface area contributed by atoms with Crippen LogP contribution in [0.2, 0.25) is 0 Å². The summed E-state index contributed by atoms with van der Waals surface area (Å²) in [5, 5.41) is 0. The number of aromatic nitrogens is 2. The fourth-order valence-electron chi connectivity index (χ4n) is 2.95. The highest BCUT2D eigenvalue weighted by molar-refractivity contribution is 9.10. The van der Waals surface area contributed by atoms with Crippen molar-refractivity contribution in [3.8, 4) is 0 Å². The highest BCUT2D eigenvalue weighted by atomic mass is 79.9. The Hall–Kier alpha value is -1.61. The van der Waals surface area contributed by atoms with Crippen LogP contribution in [-0.4, -0.2) is 9.97 Å². The molecule has 1 aliphatic rings. The third-order valence-electron chi connectivity index (χ3n) is 3.90. The zero-order chi connectivity index (χ0) is 12.8. The molecule has 19 heavy (non-hydrogen) atoms. The van der Waals surface area contributed by atoms with Gasteiger partial charge < -0.3 is 4.98 Å². The van der Waals surface area contributed by atoms with Crippen molar-refractivity contribution in [2.24, 2.45) is 0 Å². The van der Waals surface area contributed by atoms with E-state index in [9.17, 15) is 0 Å². The Morgan fingerprint density at radius 1 is 1.05 bits per heavy atom. The minimum absolute atomic E-state index is 0.489. The topological polar surface area (TPSA) is 28.7 Å². The van der Waals surface area contributed by atoms with E-state index in [1.807, 2.05) is 6.07 Å². The first-order valence-corrected chi connectivity index (χ1v) is 7.31. The molecule has 1 aliphatic carbocycles. The maximum atomic E-state index is 4.74. The van der Waals surface area contributed by atoms with E-state index in [-0.39, 0.29) is 0 Å². The van der Waals surface area contributed by atoms with E-state index >= 15 is 0 Å². The molecule has 0 spiro atoms. The first kappa shape index (κ1) is 11.2. The van der Waals surface area contributed by atoms with Gasteiger partial charge in [-0.05, 0) is 42.2 Å². The van der Waals surface area contributed by atoms with Crippen LogP contribution in [0.3, 0.4) is 0 Å². The molecule has 3 heteroatoms. The van der Waals surface area contributed by atoms with Crippen LogP contribution in [0, 0.1) is 0 Å². The predicted molar refractivity (Wildman–Crippen MR) is 80.4 cm³/mol. The van der Waals surface area contributed by atoms with Gasteiger partial charge in [-0.3, -0.25) is 0 Å². The quantitative estimate of drug-likeness (QED) is 0.716. The summed E-state index contributed by atoms with van der Waals surface area (Å²) in [6, 6.07) is 14.9. The number of imidazole rings is 1. The molecule has 94 valence electrons. The van der Waals surface area contributed by atoms with Gasteiger partial charge in [-0.1, -0.05) is 40.2 Å². The van der Waals surface area contributed by atoms with E-state index in [0.717, 1.165) is 34.2 Å². The van der Waals surface area contributed by atoms with Crippen molar-refractivity contribution >= 4 is 27.0 Å². The lowest BCUT2D eigenvalue weighted by Gasteiger charge is -2.03. The molecule has 0 bridgehead atoms. The molecule has 0 fully saturated rings. The number of nitrogens with zero attached hydrogens (tertiary/aromatic N) is 1. The molecule has 1 N–H and O–H groups in total. The zero-order valence-corrected chi connectivity index (χ0v) is 11.9. The third-order valence-corrected chi connectivity index (χ3v) is 4.39. The van der Waals surface area contributed by atoms with Crippen LogP contribution in [-0.2, 0) is 12.8 Å². The summed E-state index contributed by atoms with van der Waals surface area (Å²) in [6.45, 7) is 0. The number of rotatable bonds is 1. The largest absolute Gasteiger partial charge is 0.342 e. The zero-order valence-electron chi connectivity index (χ0n) is 10.4. The molecule has 0 aliphatic heterocycles. The molecule has 0 radical (unpaired) electrons. The monoisotopic (exact) mass is 312 g/mol. The van der Waals surface area contributed by atoms with Gasteiger partial charge in [0.1, 0.15) is 5.82 Å². The molecule has 0 unspecified atom stereocenters. The summed E-state index contributed by atoms with van der Waals surface area (Å²) in [5.41, 5.74) is 5.10. The van der Waals surface area contributed by atoms with E-state index < -0.39 is 0 Å². The van der Waals surface area contributed by atoms with Crippen LogP contribution >= 0.6 is 15.9 Å². The number of H-pyrrole nitrogens is 1. The van der Waals surface area contributed by atoms with Crippen LogP contribution in [0.25, 0.3) is 11.0 Å². The van der Waals surface area contributed by atoms with Crippen LogP contribution in [0.1, 0.15) is 22.9 Å². The van der Waals surface area contributed by atoms with Crippen LogP contribution < -0.4 is 0 Å². The second-order valence-electron chi connectivity index (χ2n) is 5.16. The molecule has 3 aromatic rings. The van der Waals surface area contributed by atoms with E-state index in [1.54, 1.807) is 0 Å². The lowest BCUT2D eigenvalue weighted by Crippen LogP contribution is -1.99. The number of hydrogen-bond acceptors (Lipinski definition) is 1. The average Bonchev–Trinajstić information content (AvgIpc) is 3.00. The molecule has 4 rings (SSSR count). The summed E-state index contributed by atoms with van der Waals surface area (Å²) in [5.74, 6) is 1.60. The Balaban J connectivity index is 1.73. The lowest BCUT2D eigenvalue weighted by molar-refractivity contribution is 0.697. The summed E-state index contributed by atoms with van der Waals surface area (Å²) in [6.07, 6.45) is 2.19. The second kappa shape index (κ2) is 4.20. The molecule has 0 amide bonds. The third kappa shape index (κ3) is 1.89. The van der Waals surface area contributed by atoms with Crippen LogP contribution in [0.15, 0.2) is 46.9 Å². The lowest BCUT2D eigenvalue weighted by atomic mass is 10.1. The van der Waals surface area contributed by atoms with Crippen molar-refractivity contribution in [1.82, 2.24) is 9.97 Å². The molecule has 2 aromatic carbocycles. The summed E-state index contributed by atoms with van der Waals surface area (Å²) >= 11 is 3.50. The predicted octanol–water partition coefficient (Wildman–Crippen LogP) is 4.21. The average molecular weight is 313 g/mol. The van der Waals surface area contributed by atoms with Crippen molar-refractivity contribution in [3.63, 3.8) is 0 Å². The normalized spacial score (nSPS) is 15.0. The molecule has 2 nitrogen and oxygen atoms in total. The number of nitrogens with one attached hydrogen (secondary N) is 1. The minimum atomic E-state index is 0.489. The number of fused-ring (bicyclic) bond motifs is 2. The molecule has 0 saturated heterocycles. The van der Waals surface area contributed by atoms with E-state index in [2.05, 4.69) is 57.3 Å². The van der Waals surface area contributed by atoms with Gasteiger partial charge in [0.15, 0.2) is 0 Å². The number of benzene rings is 2. The van der Waals surface area contributed by atoms with Gasteiger partial charge >= 0.3 is 0 Å². The molecule has 1 heterocycles. The van der Waals surface area contributed by atoms with Crippen LogP contribution in [0.4, 0.5) is 0 Å². The van der Waals surface area contributed by atoms with Gasteiger partial charge in [-0.15, -0.1) is 0 Å². The van der Waals surface area contributed by atoms with Gasteiger partial charge in [-0.25, -0.2) is 4.98 Å². The number of halogens is 1. The Morgan fingerprint density at radius 3 is 2.53 bits per heavy atom. The minimum Gasteiger partial charge on any atom is -0.342 e. The van der Waals surface area contributed by atoms with Crippen LogP contribution in [0.5, 0.6) is 0 Å². The highest BCUT2D eigenvalue weighted by Gasteiger charge is 2.24. The van der Waals surface area contributed by atoms with Gasteiger partial charge in [0.25, 0.3) is 0 Å². The Labute approximate surface area is 120 Å². The van der Waals surface area contributed by atoms with Crippen molar-refractivity contribution in [2.45, 2.75) is 18.8 Å². The van der Waals surface area contributed by atoms with Crippen molar-refractivity contribution in [3.05, 3.63) is 63.9 Å². The maximum Gasteiger partial charge on any atom is 0.111 e. The Morgan fingerprint density at radius 2 is 1.79 bits per heavy atom. The Kier molecular flexibility index (Phi) is 2.49.